The highest BCUT2D eigenvalue weighted by molar-refractivity contribution is 5.37. The summed E-state index contributed by atoms with van der Waals surface area (Å²) in [5.74, 6) is 0. The quantitative estimate of drug-likeness (QED) is 0.802. The summed E-state index contributed by atoms with van der Waals surface area (Å²) in [6.07, 6.45) is 2.97. The van der Waals surface area contributed by atoms with Gasteiger partial charge in [-0.15, -0.1) is 0 Å². The van der Waals surface area contributed by atoms with Crippen molar-refractivity contribution in [1.82, 2.24) is 9.80 Å². The Bertz CT molecular complexity index is 827. The molecule has 0 amide bonds. The first-order chi connectivity index (χ1) is 14.5. The Morgan fingerprint density at radius 1 is 0.667 bits per heavy atom. The number of fused-ring (bicyclic) bond motifs is 2. The fourth-order valence-corrected chi connectivity index (χ4v) is 6.18. The van der Waals surface area contributed by atoms with Crippen LogP contribution in [0.25, 0.3) is 0 Å². The summed E-state index contributed by atoms with van der Waals surface area (Å²) in [4.78, 5) is 5.09. The summed E-state index contributed by atoms with van der Waals surface area (Å²) in [6, 6.07) is 18.1. The van der Waals surface area contributed by atoms with E-state index in [4.69, 9.17) is 0 Å². The molecule has 5 rings (SSSR count). The standard InChI is InChI=1S/C26H34N2O2/c1-17-11-13-28(26-22-10-6-4-8-20(22)16-24(26)30)18(2)12-14-27(17)25-21-9-5-3-7-19(21)15-23(25)29/h3-10,17-18,23-26,29-30H,11-16H2,1-2H3/t17?,18?,23-,24-,25+,26+/m1/s1. The molecule has 1 heterocycles. The van der Waals surface area contributed by atoms with Crippen LogP contribution in [0.15, 0.2) is 48.5 Å². The van der Waals surface area contributed by atoms with Crippen molar-refractivity contribution in [2.75, 3.05) is 13.1 Å². The van der Waals surface area contributed by atoms with E-state index in [1.165, 1.54) is 22.3 Å². The van der Waals surface area contributed by atoms with Crippen LogP contribution in [0, 0.1) is 0 Å². The molecule has 2 aromatic rings. The van der Waals surface area contributed by atoms with Crippen molar-refractivity contribution >= 4 is 0 Å². The van der Waals surface area contributed by atoms with Crippen LogP contribution in [-0.4, -0.2) is 57.4 Å². The summed E-state index contributed by atoms with van der Waals surface area (Å²) >= 11 is 0. The first-order valence-corrected chi connectivity index (χ1v) is 11.6. The molecule has 0 aromatic heterocycles. The first kappa shape index (κ1) is 20.2. The van der Waals surface area contributed by atoms with Crippen molar-refractivity contribution in [2.24, 2.45) is 0 Å². The number of aliphatic hydroxyl groups excluding tert-OH is 2. The van der Waals surface area contributed by atoms with Crippen LogP contribution >= 0.6 is 0 Å². The zero-order valence-electron chi connectivity index (χ0n) is 18.1. The zero-order chi connectivity index (χ0) is 20.8. The summed E-state index contributed by atoms with van der Waals surface area (Å²) in [5, 5.41) is 21.8. The van der Waals surface area contributed by atoms with Gasteiger partial charge in [0.15, 0.2) is 0 Å². The van der Waals surface area contributed by atoms with Crippen LogP contribution in [0.3, 0.4) is 0 Å². The van der Waals surface area contributed by atoms with Crippen molar-refractivity contribution in [1.29, 1.82) is 0 Å². The van der Waals surface area contributed by atoms with Crippen molar-refractivity contribution in [2.45, 2.75) is 75.9 Å². The third kappa shape index (κ3) is 3.40. The van der Waals surface area contributed by atoms with E-state index in [1.54, 1.807) is 0 Å². The molecular weight excluding hydrogens is 372 g/mol. The van der Waals surface area contributed by atoms with Crippen molar-refractivity contribution in [3.05, 3.63) is 70.8 Å². The average molecular weight is 407 g/mol. The second-order valence-corrected chi connectivity index (χ2v) is 9.58. The molecule has 2 aliphatic carbocycles. The van der Waals surface area contributed by atoms with E-state index in [9.17, 15) is 10.2 Å². The Balaban J connectivity index is 1.37. The van der Waals surface area contributed by atoms with Gasteiger partial charge in [-0.05, 0) is 48.9 Å². The van der Waals surface area contributed by atoms with Crippen molar-refractivity contribution in [3.63, 3.8) is 0 Å². The third-order valence-corrected chi connectivity index (χ3v) is 7.79. The number of nitrogens with zero attached hydrogens (tertiary/aromatic N) is 2. The molecule has 0 radical (unpaired) electrons. The molecule has 3 aliphatic rings. The maximum absolute atomic E-state index is 10.9. The molecule has 2 N–H and O–H groups in total. The number of benzene rings is 2. The van der Waals surface area contributed by atoms with E-state index in [-0.39, 0.29) is 24.3 Å². The number of hydrogen-bond acceptors (Lipinski definition) is 4. The Labute approximate surface area is 180 Å². The summed E-state index contributed by atoms with van der Waals surface area (Å²) < 4.78 is 0. The van der Waals surface area contributed by atoms with Crippen LogP contribution < -0.4 is 0 Å². The van der Waals surface area contributed by atoms with Gasteiger partial charge in [-0.1, -0.05) is 48.5 Å². The van der Waals surface area contributed by atoms with E-state index < -0.39 is 0 Å². The van der Waals surface area contributed by atoms with Gasteiger partial charge < -0.3 is 10.2 Å². The maximum Gasteiger partial charge on any atom is 0.0777 e. The highest BCUT2D eigenvalue weighted by atomic mass is 16.3. The topological polar surface area (TPSA) is 46.9 Å². The SMILES string of the molecule is CC1CCN([C@H]2c3ccccc3C[C@H]2O)C(C)CCN1[C@H]1c2ccccc2C[C@H]1O. The second-order valence-electron chi connectivity index (χ2n) is 9.58. The molecule has 4 nitrogen and oxygen atoms in total. The first-order valence-electron chi connectivity index (χ1n) is 11.6. The minimum atomic E-state index is -0.320. The Hall–Kier alpha value is -1.72. The third-order valence-electron chi connectivity index (χ3n) is 7.79. The molecule has 1 saturated heterocycles. The Kier molecular flexibility index (Phi) is 5.44. The molecule has 30 heavy (non-hydrogen) atoms. The predicted molar refractivity (Wildman–Crippen MR) is 119 cm³/mol. The van der Waals surface area contributed by atoms with Crippen LogP contribution in [-0.2, 0) is 12.8 Å². The molecule has 6 atom stereocenters. The fraction of sp³-hybridized carbons (Fsp3) is 0.538. The molecule has 2 aromatic carbocycles. The van der Waals surface area contributed by atoms with E-state index in [1.807, 2.05) is 0 Å². The lowest BCUT2D eigenvalue weighted by Gasteiger charge is -2.44. The van der Waals surface area contributed by atoms with E-state index in [2.05, 4.69) is 72.2 Å². The summed E-state index contributed by atoms with van der Waals surface area (Å²) in [5.41, 5.74) is 5.21. The van der Waals surface area contributed by atoms with Gasteiger partial charge in [0.05, 0.1) is 24.3 Å². The minimum absolute atomic E-state index is 0.104. The Morgan fingerprint density at radius 3 is 1.50 bits per heavy atom. The highest BCUT2D eigenvalue weighted by Crippen LogP contribution is 2.41. The molecule has 0 saturated carbocycles. The molecule has 0 spiro atoms. The van der Waals surface area contributed by atoms with Crippen molar-refractivity contribution < 1.29 is 10.2 Å². The molecule has 4 heteroatoms. The maximum atomic E-state index is 10.9. The largest absolute Gasteiger partial charge is 0.391 e. The van der Waals surface area contributed by atoms with Gasteiger partial charge >= 0.3 is 0 Å². The van der Waals surface area contributed by atoms with Crippen molar-refractivity contribution in [3.8, 4) is 0 Å². The lowest BCUT2D eigenvalue weighted by Crippen LogP contribution is -2.50. The molecule has 2 unspecified atom stereocenters. The molecule has 1 aliphatic heterocycles. The molecule has 0 bridgehead atoms. The van der Waals surface area contributed by atoms with Gasteiger partial charge in [0.2, 0.25) is 0 Å². The molecular formula is C26H34N2O2. The van der Waals surface area contributed by atoms with Crippen LogP contribution in [0.5, 0.6) is 0 Å². The summed E-state index contributed by atoms with van der Waals surface area (Å²) in [6.45, 7) is 6.56. The average Bonchev–Trinajstić information content (AvgIpc) is 3.24. The van der Waals surface area contributed by atoms with Gasteiger partial charge in [0, 0.05) is 38.0 Å². The normalized spacial score (nSPS) is 34.9. The predicted octanol–water partition coefficient (Wildman–Crippen LogP) is 3.48. The van der Waals surface area contributed by atoms with Gasteiger partial charge in [0.1, 0.15) is 0 Å². The fourth-order valence-electron chi connectivity index (χ4n) is 6.18. The molecule has 1 fully saturated rings. The van der Waals surface area contributed by atoms with Gasteiger partial charge in [0.25, 0.3) is 0 Å². The minimum Gasteiger partial charge on any atom is -0.391 e. The van der Waals surface area contributed by atoms with E-state index in [0.29, 0.717) is 12.1 Å². The lowest BCUT2D eigenvalue weighted by atomic mass is 9.97. The van der Waals surface area contributed by atoms with E-state index in [0.717, 1.165) is 38.8 Å². The Morgan fingerprint density at radius 2 is 1.07 bits per heavy atom. The van der Waals surface area contributed by atoms with Gasteiger partial charge in [-0.25, -0.2) is 0 Å². The smallest absolute Gasteiger partial charge is 0.0777 e. The van der Waals surface area contributed by atoms with E-state index >= 15 is 0 Å². The molecule has 160 valence electrons. The van der Waals surface area contributed by atoms with Crippen LogP contribution in [0.1, 0.15) is 61.0 Å². The summed E-state index contributed by atoms with van der Waals surface area (Å²) in [7, 11) is 0. The lowest BCUT2D eigenvalue weighted by molar-refractivity contribution is -0.0116. The number of hydrogen-bond donors (Lipinski definition) is 2. The zero-order valence-corrected chi connectivity index (χ0v) is 18.1. The van der Waals surface area contributed by atoms with Crippen LogP contribution in [0.2, 0.25) is 0 Å². The number of rotatable bonds is 2. The highest BCUT2D eigenvalue weighted by Gasteiger charge is 2.41. The second kappa shape index (κ2) is 8.08. The van der Waals surface area contributed by atoms with Gasteiger partial charge in [-0.2, -0.15) is 0 Å². The van der Waals surface area contributed by atoms with Crippen LogP contribution in [0.4, 0.5) is 0 Å². The monoisotopic (exact) mass is 406 g/mol. The van der Waals surface area contributed by atoms with Gasteiger partial charge in [-0.3, -0.25) is 9.80 Å². The number of aliphatic hydroxyl groups is 2.